The summed E-state index contributed by atoms with van der Waals surface area (Å²) in [6, 6.07) is 5.87. The Hall–Kier alpha value is -3.30. The van der Waals surface area contributed by atoms with Crippen molar-refractivity contribution in [3.63, 3.8) is 0 Å². The number of pyridine rings is 1. The van der Waals surface area contributed by atoms with E-state index in [2.05, 4.69) is 37.5 Å². The molecule has 0 amide bonds. The maximum atomic E-state index is 14.9. The van der Waals surface area contributed by atoms with Crippen molar-refractivity contribution >= 4 is 44.6 Å². The standard InChI is InChI=1S/C21H12BrF5N4OS/c22-14-6-13(21(25,26)27)7-15(8-14)33(32)31-18-4-3-17(23)16(19(18)24)2-1-11-5-12(9-28)20(29)30-10-11/h3-10,28,31H,(H2,29,30). The fourth-order valence-corrected chi connectivity index (χ4v) is 4.14. The largest absolute Gasteiger partial charge is 0.416 e. The van der Waals surface area contributed by atoms with Crippen LogP contribution >= 0.6 is 15.9 Å². The number of nitrogens with one attached hydrogen (secondary N) is 2. The number of benzene rings is 2. The summed E-state index contributed by atoms with van der Waals surface area (Å²) in [5.41, 5.74) is 3.95. The summed E-state index contributed by atoms with van der Waals surface area (Å²) in [5.74, 6) is 2.71. The molecule has 0 aliphatic rings. The molecule has 0 saturated carbocycles. The van der Waals surface area contributed by atoms with Crippen LogP contribution in [0.2, 0.25) is 0 Å². The third-order valence-corrected chi connectivity index (χ3v) is 5.67. The van der Waals surface area contributed by atoms with Crippen LogP contribution in [0.5, 0.6) is 0 Å². The van der Waals surface area contributed by atoms with Crippen LogP contribution in [0.3, 0.4) is 0 Å². The quantitative estimate of drug-likeness (QED) is 0.238. The lowest BCUT2D eigenvalue weighted by atomic mass is 10.1. The molecule has 1 heterocycles. The number of nitrogen functional groups attached to an aromatic ring is 1. The highest BCUT2D eigenvalue weighted by molar-refractivity contribution is 9.10. The lowest BCUT2D eigenvalue weighted by Gasteiger charge is -2.12. The van der Waals surface area contributed by atoms with Crippen LogP contribution in [0.25, 0.3) is 0 Å². The molecule has 0 fully saturated rings. The van der Waals surface area contributed by atoms with Gasteiger partial charge in [-0.05, 0) is 36.4 Å². The Morgan fingerprint density at radius 1 is 1.15 bits per heavy atom. The highest BCUT2D eigenvalue weighted by Crippen LogP contribution is 2.33. The van der Waals surface area contributed by atoms with Crippen molar-refractivity contribution in [1.82, 2.24) is 4.98 Å². The van der Waals surface area contributed by atoms with Gasteiger partial charge in [0.2, 0.25) is 0 Å². The summed E-state index contributed by atoms with van der Waals surface area (Å²) in [6.45, 7) is 0. The highest BCUT2D eigenvalue weighted by Gasteiger charge is 2.31. The minimum absolute atomic E-state index is 0.0232. The predicted octanol–water partition coefficient (Wildman–Crippen LogP) is 5.26. The van der Waals surface area contributed by atoms with Gasteiger partial charge in [0.25, 0.3) is 0 Å². The maximum Gasteiger partial charge on any atom is 0.416 e. The average Bonchev–Trinajstić information content (AvgIpc) is 2.75. The molecule has 12 heteroatoms. The first-order valence-electron chi connectivity index (χ1n) is 8.82. The third-order valence-electron chi connectivity index (χ3n) is 4.14. The zero-order valence-corrected chi connectivity index (χ0v) is 18.6. The molecule has 33 heavy (non-hydrogen) atoms. The molecule has 0 saturated heterocycles. The number of aromatic nitrogens is 1. The van der Waals surface area contributed by atoms with Gasteiger partial charge in [0.15, 0.2) is 5.82 Å². The Morgan fingerprint density at radius 3 is 2.55 bits per heavy atom. The van der Waals surface area contributed by atoms with Gasteiger partial charge < -0.3 is 11.1 Å². The van der Waals surface area contributed by atoms with Crippen LogP contribution in [0.15, 0.2) is 52.0 Å². The molecule has 3 aromatic rings. The third kappa shape index (κ3) is 5.74. The molecule has 0 spiro atoms. The SMILES string of the molecule is N=Cc1cc(C#Cc2c(F)ccc(NS(=O)c3cc(Br)cc(C(F)(F)F)c3)c2F)cnc1N. The predicted molar refractivity (Wildman–Crippen MR) is 118 cm³/mol. The second kappa shape index (κ2) is 9.68. The van der Waals surface area contributed by atoms with Gasteiger partial charge in [0.05, 0.1) is 21.7 Å². The number of hydrogen-bond acceptors (Lipinski definition) is 4. The van der Waals surface area contributed by atoms with Crippen molar-refractivity contribution in [2.75, 3.05) is 10.5 Å². The summed E-state index contributed by atoms with van der Waals surface area (Å²) >= 11 is 2.92. The van der Waals surface area contributed by atoms with E-state index in [-0.39, 0.29) is 26.3 Å². The van der Waals surface area contributed by atoms with Gasteiger partial charge in [-0.15, -0.1) is 0 Å². The number of nitrogens with two attached hydrogens (primary N) is 1. The zero-order chi connectivity index (χ0) is 24.3. The molecule has 170 valence electrons. The van der Waals surface area contributed by atoms with E-state index in [9.17, 15) is 26.2 Å². The van der Waals surface area contributed by atoms with Crippen molar-refractivity contribution in [1.29, 1.82) is 5.41 Å². The molecule has 1 aromatic heterocycles. The molecule has 0 radical (unpaired) electrons. The average molecular weight is 543 g/mol. The van der Waals surface area contributed by atoms with Gasteiger partial charge in [-0.25, -0.2) is 18.0 Å². The smallest absolute Gasteiger partial charge is 0.383 e. The van der Waals surface area contributed by atoms with Crippen LogP contribution in [0.1, 0.15) is 22.3 Å². The van der Waals surface area contributed by atoms with E-state index in [0.717, 1.165) is 24.4 Å². The van der Waals surface area contributed by atoms with E-state index in [4.69, 9.17) is 11.1 Å². The van der Waals surface area contributed by atoms with E-state index in [1.54, 1.807) is 0 Å². The number of hydrogen-bond donors (Lipinski definition) is 3. The lowest BCUT2D eigenvalue weighted by Crippen LogP contribution is -2.10. The first kappa shape index (κ1) is 24.3. The number of halogens is 6. The topological polar surface area (TPSA) is 91.9 Å². The minimum Gasteiger partial charge on any atom is -0.383 e. The fourth-order valence-electron chi connectivity index (χ4n) is 2.55. The van der Waals surface area contributed by atoms with Crippen LogP contribution in [-0.2, 0) is 17.2 Å². The van der Waals surface area contributed by atoms with Gasteiger partial charge in [-0.1, -0.05) is 27.8 Å². The van der Waals surface area contributed by atoms with E-state index in [1.807, 2.05) is 0 Å². The van der Waals surface area contributed by atoms with E-state index >= 15 is 0 Å². The van der Waals surface area contributed by atoms with Crippen LogP contribution in [0.4, 0.5) is 33.5 Å². The molecular formula is C21H12BrF5N4OS. The van der Waals surface area contributed by atoms with Crippen molar-refractivity contribution in [2.24, 2.45) is 0 Å². The molecule has 4 N–H and O–H groups in total. The van der Waals surface area contributed by atoms with Gasteiger partial charge in [0.1, 0.15) is 22.6 Å². The summed E-state index contributed by atoms with van der Waals surface area (Å²) in [6.07, 6.45) is -2.48. The second-order valence-electron chi connectivity index (χ2n) is 6.42. The number of rotatable bonds is 4. The number of alkyl halides is 3. The Labute approximate surface area is 195 Å². The first-order chi connectivity index (χ1) is 15.5. The highest BCUT2D eigenvalue weighted by atomic mass is 79.9. The monoisotopic (exact) mass is 542 g/mol. The van der Waals surface area contributed by atoms with Gasteiger partial charge in [-0.3, -0.25) is 4.72 Å². The van der Waals surface area contributed by atoms with Crippen molar-refractivity contribution in [3.05, 3.63) is 81.0 Å². The Bertz CT molecular complexity index is 1330. The Kier molecular flexibility index (Phi) is 7.14. The lowest BCUT2D eigenvalue weighted by molar-refractivity contribution is -0.137. The first-order valence-corrected chi connectivity index (χ1v) is 10.8. The van der Waals surface area contributed by atoms with Crippen molar-refractivity contribution in [3.8, 4) is 11.8 Å². The van der Waals surface area contributed by atoms with Gasteiger partial charge in [0, 0.05) is 28.0 Å². The van der Waals surface area contributed by atoms with Crippen molar-refractivity contribution < 1.29 is 26.2 Å². The molecule has 3 rings (SSSR count). The van der Waals surface area contributed by atoms with Crippen LogP contribution < -0.4 is 10.5 Å². The van der Waals surface area contributed by atoms with E-state index in [0.29, 0.717) is 6.07 Å². The molecule has 0 bridgehead atoms. The number of anilines is 2. The normalized spacial score (nSPS) is 11.9. The minimum atomic E-state index is -4.68. The molecule has 1 unspecified atom stereocenters. The van der Waals surface area contributed by atoms with Gasteiger partial charge >= 0.3 is 6.18 Å². The molecule has 5 nitrogen and oxygen atoms in total. The van der Waals surface area contributed by atoms with Gasteiger partial charge in [-0.2, -0.15) is 13.2 Å². The maximum absolute atomic E-state index is 14.9. The Balaban J connectivity index is 1.93. The second-order valence-corrected chi connectivity index (χ2v) is 8.55. The molecule has 2 aromatic carbocycles. The molecular weight excluding hydrogens is 531 g/mol. The van der Waals surface area contributed by atoms with E-state index in [1.165, 1.54) is 18.3 Å². The number of nitrogens with zero attached hydrogens (tertiary/aromatic N) is 1. The van der Waals surface area contributed by atoms with Crippen LogP contribution in [-0.4, -0.2) is 15.4 Å². The summed E-state index contributed by atoms with van der Waals surface area (Å²) in [4.78, 5) is 3.55. The van der Waals surface area contributed by atoms with Crippen LogP contribution in [0, 0.1) is 28.9 Å². The van der Waals surface area contributed by atoms with Crippen molar-refractivity contribution in [2.45, 2.75) is 11.1 Å². The molecule has 0 aliphatic heterocycles. The summed E-state index contributed by atoms with van der Waals surface area (Å²) in [7, 11) is -2.30. The molecule has 1 atom stereocenters. The summed E-state index contributed by atoms with van der Waals surface area (Å²) in [5, 5.41) is 7.25. The van der Waals surface area contributed by atoms with E-state index < -0.39 is 45.6 Å². The summed E-state index contributed by atoms with van der Waals surface area (Å²) < 4.78 is 82.9. The molecule has 0 aliphatic carbocycles. The zero-order valence-electron chi connectivity index (χ0n) is 16.2. The Morgan fingerprint density at radius 2 is 1.88 bits per heavy atom. The fraction of sp³-hybridized carbons (Fsp3) is 0.0476.